The zero-order valence-electron chi connectivity index (χ0n) is 17.3. The summed E-state index contributed by atoms with van der Waals surface area (Å²) in [6.45, 7) is 6.93. The van der Waals surface area contributed by atoms with Crippen molar-refractivity contribution >= 4 is 0 Å². The van der Waals surface area contributed by atoms with E-state index in [2.05, 4.69) is 27.7 Å². The summed E-state index contributed by atoms with van der Waals surface area (Å²) in [6.07, 6.45) is 7.51. The van der Waals surface area contributed by atoms with E-state index in [4.69, 9.17) is 4.11 Å². The van der Waals surface area contributed by atoms with Crippen LogP contribution in [0.1, 0.15) is 90.0 Å². The molecule has 2 fully saturated rings. The Hall–Kier alpha value is -0.300. The van der Waals surface area contributed by atoms with Crippen molar-refractivity contribution in [2.45, 2.75) is 91.5 Å². The van der Waals surface area contributed by atoms with Crippen LogP contribution in [-0.2, 0) is 0 Å². The van der Waals surface area contributed by atoms with Gasteiger partial charge in [-0.15, -0.1) is 0 Å². The number of hydrogen-bond donors (Lipinski definition) is 1. The van der Waals surface area contributed by atoms with E-state index in [9.17, 15) is 5.11 Å². The van der Waals surface area contributed by atoms with E-state index in [0.29, 0.717) is 12.3 Å². The Morgan fingerprint density at radius 1 is 1.14 bits per heavy atom. The first-order valence-electron chi connectivity index (χ1n) is 10.3. The topological polar surface area (TPSA) is 20.2 Å². The van der Waals surface area contributed by atoms with Gasteiger partial charge in [-0.2, -0.15) is 0 Å². The first kappa shape index (κ1) is 12.2. The van der Waals surface area contributed by atoms with Crippen LogP contribution in [0.25, 0.3) is 0 Å². The third-order valence-corrected chi connectivity index (χ3v) is 7.37. The number of hydrogen-bond acceptors (Lipinski definition) is 1. The molecule has 2 saturated carbocycles. The molecule has 1 nitrogen and oxygen atoms in total. The Bertz CT molecular complexity index is 548. The summed E-state index contributed by atoms with van der Waals surface area (Å²) in [5, 5.41) is 11.3. The second-order valence-corrected chi connectivity index (χ2v) is 8.94. The highest BCUT2D eigenvalue weighted by Gasteiger charge is 2.52. The van der Waals surface area contributed by atoms with E-state index in [1.165, 1.54) is 0 Å². The van der Waals surface area contributed by atoms with Crippen molar-refractivity contribution in [2.75, 3.05) is 0 Å². The number of aliphatic hydroxyl groups is 1. The fourth-order valence-electron chi connectivity index (χ4n) is 5.81. The van der Waals surface area contributed by atoms with E-state index in [1.807, 2.05) is 0 Å². The minimum absolute atomic E-state index is 0.0565. The van der Waals surface area contributed by atoms with Gasteiger partial charge in [-0.3, -0.25) is 0 Å². The molecule has 3 aliphatic carbocycles. The summed E-state index contributed by atoms with van der Waals surface area (Å²) in [5.74, 6) is 0.364. The van der Waals surface area contributed by atoms with Gasteiger partial charge in [-0.25, -0.2) is 0 Å². The lowest BCUT2D eigenvalue weighted by atomic mass is 9.50. The predicted molar refractivity (Wildman–Crippen MR) is 89.1 cm³/mol. The molecule has 0 radical (unpaired) electrons. The Morgan fingerprint density at radius 2 is 1.90 bits per heavy atom. The van der Waals surface area contributed by atoms with Gasteiger partial charge in [0, 0.05) is 4.11 Å². The van der Waals surface area contributed by atoms with Crippen LogP contribution >= 0.6 is 0 Å². The summed E-state index contributed by atoms with van der Waals surface area (Å²) in [4.78, 5) is 0. The van der Waals surface area contributed by atoms with Gasteiger partial charge < -0.3 is 5.11 Å². The molecule has 0 aliphatic heterocycles. The average molecular weight is 297 g/mol. The Labute approximate surface area is 135 Å². The van der Waals surface area contributed by atoms with Gasteiger partial charge in [0.15, 0.2) is 0 Å². The zero-order valence-corrected chi connectivity index (χ0v) is 14.3. The fourth-order valence-corrected chi connectivity index (χ4v) is 5.81. The smallest absolute Gasteiger partial charge is 0.0653 e. The molecular formula is C20H34O. The lowest BCUT2D eigenvalue weighted by Gasteiger charge is -2.56. The van der Waals surface area contributed by atoms with Crippen molar-refractivity contribution < 1.29 is 9.22 Å². The van der Waals surface area contributed by atoms with Crippen LogP contribution in [0.2, 0.25) is 0 Å². The van der Waals surface area contributed by atoms with Crippen molar-refractivity contribution in [1.29, 1.82) is 0 Å². The van der Waals surface area contributed by atoms with Gasteiger partial charge in [0.2, 0.25) is 0 Å². The second kappa shape index (κ2) is 4.85. The monoisotopic (exact) mass is 296 g/mol. The summed E-state index contributed by atoms with van der Waals surface area (Å²) in [6, 6.07) is 0. The molecule has 0 amide bonds. The summed E-state index contributed by atoms with van der Waals surface area (Å²) in [7, 11) is 0. The van der Waals surface area contributed by atoms with Gasteiger partial charge >= 0.3 is 0 Å². The second-order valence-electron chi connectivity index (χ2n) is 8.94. The minimum atomic E-state index is -2.29. The van der Waals surface area contributed by atoms with Gasteiger partial charge in [0.05, 0.1) is 5.60 Å². The maximum atomic E-state index is 11.3. The molecule has 4 atom stereocenters. The average Bonchev–Trinajstić information content (AvgIpc) is 2.43. The largest absolute Gasteiger partial charge is 0.390 e. The first-order chi connectivity index (χ1) is 10.9. The molecule has 0 aromatic carbocycles. The summed E-state index contributed by atoms with van der Waals surface area (Å²) < 4.78 is 24.1. The number of fused-ring (bicyclic) bond motifs is 3. The molecule has 0 unspecified atom stereocenters. The number of rotatable bonds is 0. The van der Waals surface area contributed by atoms with Crippen LogP contribution < -0.4 is 0 Å². The van der Waals surface area contributed by atoms with E-state index in [1.54, 1.807) is 11.1 Å². The first-order valence-corrected chi connectivity index (χ1v) is 8.83. The molecule has 0 heterocycles. The van der Waals surface area contributed by atoms with E-state index < -0.39 is 12.5 Å². The molecule has 0 saturated heterocycles. The maximum absolute atomic E-state index is 11.3. The van der Waals surface area contributed by atoms with Crippen LogP contribution in [0, 0.1) is 22.7 Å². The number of allylic oxidation sites excluding steroid dienone is 2. The highest BCUT2D eigenvalue weighted by molar-refractivity contribution is 5.26. The van der Waals surface area contributed by atoms with Crippen LogP contribution in [0.4, 0.5) is 0 Å². The van der Waals surface area contributed by atoms with Crippen LogP contribution in [-0.4, -0.2) is 10.7 Å². The quantitative estimate of drug-likeness (QED) is 0.587. The van der Waals surface area contributed by atoms with Gasteiger partial charge in [0.25, 0.3) is 0 Å². The molecule has 3 aliphatic rings. The molecule has 0 aromatic rings. The van der Waals surface area contributed by atoms with Gasteiger partial charge in [0.1, 0.15) is 0 Å². The Kier molecular flexibility index (Phi) is 2.81. The predicted octanol–water partition coefficient (Wildman–Crippen LogP) is 5.48. The highest BCUT2D eigenvalue weighted by atomic mass is 16.3. The summed E-state index contributed by atoms with van der Waals surface area (Å²) >= 11 is 0. The van der Waals surface area contributed by atoms with Gasteiger partial charge in [-0.05, 0) is 81.4 Å². The van der Waals surface area contributed by atoms with E-state index >= 15 is 0 Å². The molecule has 1 N–H and O–H groups in total. The molecule has 21 heavy (non-hydrogen) atoms. The Balaban J connectivity index is 2.06. The highest BCUT2D eigenvalue weighted by Crippen LogP contribution is 2.59. The minimum Gasteiger partial charge on any atom is -0.390 e. The molecule has 0 aromatic heterocycles. The molecule has 2 bridgehead atoms. The molecule has 120 valence electrons. The van der Waals surface area contributed by atoms with E-state index in [0.717, 1.165) is 44.9 Å². The van der Waals surface area contributed by atoms with Crippen molar-refractivity contribution in [1.82, 2.24) is 0 Å². The third kappa shape index (κ3) is 2.40. The van der Waals surface area contributed by atoms with Crippen molar-refractivity contribution in [3.63, 3.8) is 0 Å². The maximum Gasteiger partial charge on any atom is 0.0653 e. The molecule has 0 spiro atoms. The van der Waals surface area contributed by atoms with Crippen molar-refractivity contribution in [3.8, 4) is 0 Å². The lowest BCUT2D eigenvalue weighted by molar-refractivity contribution is -0.117. The van der Waals surface area contributed by atoms with Crippen LogP contribution in [0.15, 0.2) is 11.1 Å². The van der Waals surface area contributed by atoms with Crippen LogP contribution in [0.3, 0.4) is 0 Å². The lowest BCUT2D eigenvalue weighted by Crippen LogP contribution is -2.51. The third-order valence-electron chi connectivity index (χ3n) is 7.37. The van der Waals surface area contributed by atoms with Crippen molar-refractivity contribution in [3.05, 3.63) is 11.1 Å². The summed E-state index contributed by atoms with van der Waals surface area (Å²) in [5.41, 5.74) is 1.74. The van der Waals surface area contributed by atoms with Crippen molar-refractivity contribution in [2.24, 2.45) is 22.7 Å². The van der Waals surface area contributed by atoms with Crippen LogP contribution in [0.5, 0.6) is 0 Å². The fraction of sp³-hybridized carbons (Fsp3) is 0.900. The van der Waals surface area contributed by atoms with Gasteiger partial charge in [-0.1, -0.05) is 38.3 Å². The standard InChI is InChI=1S/C20H34O/c1-14-7-8-15-13-17-19(4,10-6-11-20(17,5)21)12-9-16(14)18(15,2)3/h15,17,21H,6-13H2,1-5H3/t15-,17-,19-,20+/m0/s1/i5T3. The van der Waals surface area contributed by atoms with E-state index in [-0.39, 0.29) is 16.7 Å². The molecule has 1 heteroatoms. The zero-order chi connectivity index (χ0) is 18.0. The normalized spacial score (nSPS) is 49.3. The Morgan fingerprint density at radius 3 is 2.62 bits per heavy atom. The molecular weight excluding hydrogens is 256 g/mol. The molecule has 3 rings (SSSR count). The SMILES string of the molecule is [3H]C([3H])([3H])[C@@]1(O)CCC[C@@]2(C)CCC3=C(C)CC[C@@H](C[C@@H]21)C3(C)C.